The number of carbonyl (C=O) groups is 1. The molecule has 3 heterocycles. The highest BCUT2D eigenvalue weighted by Crippen LogP contribution is 2.12. The largest absolute Gasteiger partial charge is 0.472 e. The van der Waals surface area contributed by atoms with E-state index in [1.165, 1.54) is 0 Å². The van der Waals surface area contributed by atoms with Crippen LogP contribution in [0.15, 0.2) is 29.3 Å². The summed E-state index contributed by atoms with van der Waals surface area (Å²) in [6.07, 6.45) is 5.50. The van der Waals surface area contributed by atoms with Crippen LogP contribution < -0.4 is 10.6 Å². The van der Waals surface area contributed by atoms with Gasteiger partial charge in [-0.25, -0.2) is 4.98 Å². The molecule has 1 aliphatic heterocycles. The van der Waals surface area contributed by atoms with E-state index < -0.39 is 0 Å². The van der Waals surface area contributed by atoms with Crippen molar-refractivity contribution in [3.05, 3.63) is 41.9 Å². The van der Waals surface area contributed by atoms with Gasteiger partial charge in [0.15, 0.2) is 0 Å². The first kappa shape index (κ1) is 11.0. The van der Waals surface area contributed by atoms with E-state index >= 15 is 0 Å². The molecule has 3 rings (SSSR count). The predicted molar refractivity (Wildman–Crippen MR) is 63.5 cm³/mol. The molecule has 2 aromatic rings. The summed E-state index contributed by atoms with van der Waals surface area (Å²) in [6.45, 7) is 1.14. The number of furan rings is 1. The van der Waals surface area contributed by atoms with Gasteiger partial charge in [0.2, 0.25) is 5.91 Å². The Morgan fingerprint density at radius 3 is 3.39 bits per heavy atom. The van der Waals surface area contributed by atoms with Crippen LogP contribution in [0.5, 0.6) is 0 Å². The number of nitrogens with zero attached hydrogens (tertiary/aromatic N) is 1. The van der Waals surface area contributed by atoms with Gasteiger partial charge in [-0.1, -0.05) is 0 Å². The Kier molecular flexibility index (Phi) is 2.85. The molecular formula is C12H14N4O2. The van der Waals surface area contributed by atoms with Gasteiger partial charge >= 0.3 is 0 Å². The lowest BCUT2D eigenvalue weighted by atomic mass is 10.0. The highest BCUT2D eigenvalue weighted by Gasteiger charge is 2.25. The lowest BCUT2D eigenvalue weighted by molar-refractivity contribution is -0.123. The first-order chi connectivity index (χ1) is 8.83. The number of aromatic nitrogens is 2. The second-order valence-corrected chi connectivity index (χ2v) is 4.31. The zero-order chi connectivity index (χ0) is 12.4. The summed E-state index contributed by atoms with van der Waals surface area (Å²) >= 11 is 0. The van der Waals surface area contributed by atoms with Gasteiger partial charge in [-0.05, 0) is 6.07 Å². The van der Waals surface area contributed by atoms with Crippen LogP contribution in [-0.2, 0) is 24.3 Å². The minimum absolute atomic E-state index is 0.00940. The van der Waals surface area contributed by atoms with E-state index in [1.807, 2.05) is 6.07 Å². The van der Waals surface area contributed by atoms with Crippen LogP contribution >= 0.6 is 0 Å². The molecule has 0 aliphatic carbocycles. The Morgan fingerprint density at radius 1 is 1.61 bits per heavy atom. The maximum absolute atomic E-state index is 12.0. The first-order valence-corrected chi connectivity index (χ1v) is 5.86. The minimum Gasteiger partial charge on any atom is -0.472 e. The normalized spacial score (nSPS) is 18.3. The average molecular weight is 246 g/mol. The zero-order valence-corrected chi connectivity index (χ0v) is 9.77. The first-order valence-electron chi connectivity index (χ1n) is 5.86. The summed E-state index contributed by atoms with van der Waals surface area (Å²) in [7, 11) is 0. The number of nitrogens with one attached hydrogen (secondary N) is 3. The second kappa shape index (κ2) is 4.66. The Hall–Kier alpha value is -2.08. The second-order valence-electron chi connectivity index (χ2n) is 4.31. The van der Waals surface area contributed by atoms with Gasteiger partial charge in [-0.2, -0.15) is 0 Å². The van der Waals surface area contributed by atoms with Gasteiger partial charge in [0, 0.05) is 25.1 Å². The third-order valence-corrected chi connectivity index (χ3v) is 3.09. The van der Waals surface area contributed by atoms with Crippen LogP contribution in [0.1, 0.15) is 17.0 Å². The molecule has 0 bridgehead atoms. The quantitative estimate of drug-likeness (QED) is 0.729. The molecule has 1 atom stereocenters. The van der Waals surface area contributed by atoms with E-state index in [0.717, 1.165) is 17.0 Å². The summed E-state index contributed by atoms with van der Waals surface area (Å²) in [4.78, 5) is 19.2. The van der Waals surface area contributed by atoms with Crippen LogP contribution in [-0.4, -0.2) is 21.9 Å². The third-order valence-electron chi connectivity index (χ3n) is 3.09. The van der Waals surface area contributed by atoms with Gasteiger partial charge in [0.25, 0.3) is 0 Å². The number of rotatable bonds is 3. The molecule has 2 aromatic heterocycles. The highest BCUT2D eigenvalue weighted by molar-refractivity contribution is 5.82. The number of aromatic amines is 1. The molecule has 0 saturated heterocycles. The summed E-state index contributed by atoms with van der Waals surface area (Å²) in [5.74, 6) is -0.00940. The van der Waals surface area contributed by atoms with Crippen LogP contribution in [0.4, 0.5) is 0 Å². The molecule has 18 heavy (non-hydrogen) atoms. The Balaban J connectivity index is 1.57. The molecule has 6 heteroatoms. The summed E-state index contributed by atoms with van der Waals surface area (Å²) in [6, 6.07) is 1.62. The summed E-state index contributed by atoms with van der Waals surface area (Å²) in [5, 5.41) is 6.06. The molecule has 1 aliphatic rings. The number of fused-ring (bicyclic) bond motifs is 1. The van der Waals surface area contributed by atoms with Gasteiger partial charge < -0.3 is 14.7 Å². The van der Waals surface area contributed by atoms with E-state index in [0.29, 0.717) is 19.5 Å². The number of amides is 1. The fourth-order valence-electron chi connectivity index (χ4n) is 2.06. The van der Waals surface area contributed by atoms with E-state index in [2.05, 4.69) is 20.6 Å². The number of carbonyl (C=O) groups excluding carboxylic acids is 1. The van der Waals surface area contributed by atoms with Gasteiger partial charge in [-0.15, -0.1) is 0 Å². The molecule has 94 valence electrons. The maximum atomic E-state index is 12.0. The SMILES string of the molecule is O=C(NCc1ccoc1)C1Cc2nc[nH]c2CN1. The van der Waals surface area contributed by atoms with E-state index in [9.17, 15) is 4.79 Å². The van der Waals surface area contributed by atoms with Crippen molar-refractivity contribution in [2.24, 2.45) is 0 Å². The highest BCUT2D eigenvalue weighted by atomic mass is 16.3. The topological polar surface area (TPSA) is 83.0 Å². The van der Waals surface area contributed by atoms with Crippen LogP contribution in [0.2, 0.25) is 0 Å². The smallest absolute Gasteiger partial charge is 0.237 e. The molecule has 0 spiro atoms. The number of hydrogen-bond acceptors (Lipinski definition) is 4. The van der Waals surface area contributed by atoms with Gasteiger partial charge in [0.05, 0.1) is 36.3 Å². The fourth-order valence-corrected chi connectivity index (χ4v) is 2.06. The fraction of sp³-hybridized carbons (Fsp3) is 0.333. The third kappa shape index (κ3) is 2.14. The predicted octanol–water partition coefficient (Wildman–Crippen LogP) is 0.333. The van der Waals surface area contributed by atoms with E-state index in [-0.39, 0.29) is 11.9 Å². The van der Waals surface area contributed by atoms with Crippen molar-refractivity contribution < 1.29 is 9.21 Å². The average Bonchev–Trinajstić information content (AvgIpc) is 3.05. The van der Waals surface area contributed by atoms with Crippen molar-refractivity contribution in [2.75, 3.05) is 0 Å². The zero-order valence-electron chi connectivity index (χ0n) is 9.77. The standard InChI is InChI=1S/C12H14N4O2/c17-12(14-4-8-1-2-18-6-8)10-3-9-11(5-13-10)16-7-15-9/h1-2,6-7,10,13H,3-5H2,(H,14,17)(H,15,16). The van der Waals surface area contributed by atoms with E-state index in [1.54, 1.807) is 18.9 Å². The van der Waals surface area contributed by atoms with Crippen molar-refractivity contribution in [3.63, 3.8) is 0 Å². The number of hydrogen-bond donors (Lipinski definition) is 3. The van der Waals surface area contributed by atoms with Crippen LogP contribution in [0.3, 0.4) is 0 Å². The Labute approximate surface area is 104 Å². The van der Waals surface area contributed by atoms with Crippen molar-refractivity contribution in [1.82, 2.24) is 20.6 Å². The van der Waals surface area contributed by atoms with Crippen molar-refractivity contribution >= 4 is 5.91 Å². The van der Waals surface area contributed by atoms with Gasteiger partial charge in [-0.3, -0.25) is 10.1 Å². The molecule has 6 nitrogen and oxygen atoms in total. The maximum Gasteiger partial charge on any atom is 0.237 e. The molecule has 1 unspecified atom stereocenters. The van der Waals surface area contributed by atoms with E-state index in [4.69, 9.17) is 4.42 Å². The molecule has 0 fully saturated rings. The van der Waals surface area contributed by atoms with Gasteiger partial charge in [0.1, 0.15) is 0 Å². The molecule has 3 N–H and O–H groups in total. The van der Waals surface area contributed by atoms with Crippen molar-refractivity contribution in [1.29, 1.82) is 0 Å². The summed E-state index contributed by atoms with van der Waals surface area (Å²) in [5.41, 5.74) is 2.99. The minimum atomic E-state index is -0.215. The van der Waals surface area contributed by atoms with Crippen molar-refractivity contribution in [3.8, 4) is 0 Å². The Bertz CT molecular complexity index is 532. The molecule has 0 radical (unpaired) electrons. The number of H-pyrrole nitrogens is 1. The van der Waals surface area contributed by atoms with Crippen LogP contribution in [0.25, 0.3) is 0 Å². The molecule has 0 aromatic carbocycles. The summed E-state index contributed by atoms with van der Waals surface area (Å²) < 4.78 is 4.95. The molecule has 0 saturated carbocycles. The monoisotopic (exact) mass is 246 g/mol. The van der Waals surface area contributed by atoms with Crippen molar-refractivity contribution in [2.45, 2.75) is 25.6 Å². The number of imidazole rings is 1. The van der Waals surface area contributed by atoms with Crippen LogP contribution in [0, 0.1) is 0 Å². The molecule has 1 amide bonds. The Morgan fingerprint density at radius 2 is 2.56 bits per heavy atom. The molecular weight excluding hydrogens is 232 g/mol. The lowest BCUT2D eigenvalue weighted by Gasteiger charge is -2.22. The lowest BCUT2D eigenvalue weighted by Crippen LogP contribution is -2.47.